The Bertz CT molecular complexity index is 460. The van der Waals surface area contributed by atoms with Crippen LogP contribution in [0.2, 0.25) is 5.02 Å². The highest BCUT2D eigenvalue weighted by Gasteiger charge is 2.33. The molecule has 0 spiro atoms. The van der Waals surface area contributed by atoms with E-state index in [9.17, 15) is 13.2 Å². The van der Waals surface area contributed by atoms with Gasteiger partial charge in [0.15, 0.2) is 0 Å². The fourth-order valence-electron chi connectivity index (χ4n) is 1.04. The summed E-state index contributed by atoms with van der Waals surface area (Å²) in [6, 6.07) is 3.45. The number of alkyl halides is 3. The lowest BCUT2D eigenvalue weighted by molar-refractivity contribution is -0.137. The number of nitrogens with zero attached hydrogens (tertiary/aromatic N) is 1. The lowest BCUT2D eigenvalue weighted by Gasteiger charge is -2.09. The Balaban J connectivity index is 0.00000289. The normalized spacial score (nSPS) is 11.1. The van der Waals surface area contributed by atoms with E-state index in [0.29, 0.717) is 0 Å². The number of guanidine groups is 1. The first-order chi connectivity index (χ1) is 7.82. The minimum Gasteiger partial charge on any atom is -0.369 e. The van der Waals surface area contributed by atoms with E-state index in [1.54, 1.807) is 0 Å². The number of nitrogens with two attached hydrogens (primary N) is 1. The summed E-state index contributed by atoms with van der Waals surface area (Å²) in [7, 11) is 0. The molecule has 0 aliphatic rings. The molecule has 0 unspecified atom stereocenters. The van der Waals surface area contributed by atoms with Gasteiger partial charge in [-0.05, 0) is 6.07 Å². The number of benzene rings is 1. The fourth-order valence-corrected chi connectivity index (χ4v) is 1.32. The third-order valence-corrected chi connectivity index (χ3v) is 2.14. The van der Waals surface area contributed by atoms with Crippen LogP contribution in [0.25, 0.3) is 0 Å². The Kier molecular flexibility index (Phi) is 5.93. The van der Waals surface area contributed by atoms with E-state index < -0.39 is 22.7 Å². The molecule has 0 radical (unpaired) electrons. The summed E-state index contributed by atoms with van der Waals surface area (Å²) in [6.07, 6.45) is -3.46. The number of halogens is 5. The molecule has 1 aromatic rings. The molecule has 100 valence electrons. The molecular weight excluding hydrogens is 292 g/mol. The molecule has 0 aliphatic heterocycles. The lowest BCUT2D eigenvalue weighted by Crippen LogP contribution is -2.25. The number of rotatable bonds is 2. The van der Waals surface area contributed by atoms with Gasteiger partial charge in [0.2, 0.25) is 5.96 Å². The maximum absolute atomic E-state index is 12.5. The van der Waals surface area contributed by atoms with Crippen molar-refractivity contribution in [2.45, 2.75) is 6.18 Å². The predicted molar refractivity (Wildman–Crippen MR) is 66.3 cm³/mol. The number of hydrogen-bond acceptors (Lipinski definition) is 2. The van der Waals surface area contributed by atoms with Gasteiger partial charge in [0.1, 0.15) is 0 Å². The first-order valence-corrected chi connectivity index (χ1v) is 4.69. The Hall–Kier alpha value is -1.47. The van der Waals surface area contributed by atoms with Crippen molar-refractivity contribution in [3.8, 4) is 0 Å². The van der Waals surface area contributed by atoms with Gasteiger partial charge in [-0.3, -0.25) is 5.41 Å². The highest BCUT2D eigenvalue weighted by atomic mass is 35.5. The highest BCUT2D eigenvalue weighted by Crippen LogP contribution is 2.35. The van der Waals surface area contributed by atoms with Crippen molar-refractivity contribution in [2.75, 3.05) is 0 Å². The molecule has 4 N–H and O–H groups in total. The van der Waals surface area contributed by atoms with E-state index in [2.05, 4.69) is 10.5 Å². The lowest BCUT2D eigenvalue weighted by atomic mass is 10.1. The summed E-state index contributed by atoms with van der Waals surface area (Å²) in [5.74, 6) is -0.427. The quantitative estimate of drug-likeness (QED) is 0.446. The Labute approximate surface area is 112 Å². The van der Waals surface area contributed by atoms with E-state index in [-0.39, 0.29) is 18.0 Å². The molecule has 0 heterocycles. The van der Waals surface area contributed by atoms with Crippen molar-refractivity contribution in [2.24, 2.45) is 10.8 Å². The average Bonchev–Trinajstić information content (AvgIpc) is 2.18. The standard InChI is InChI=1S/C9H8ClF3N4.ClH/c10-7-5(4-16-17-8(14)15)2-1-3-6(7)9(11,12)13;/h1-4H,(H4,14,15,17);1H. The van der Waals surface area contributed by atoms with Crippen molar-refractivity contribution in [1.29, 1.82) is 5.41 Å². The average molecular weight is 301 g/mol. The molecule has 0 atom stereocenters. The van der Waals surface area contributed by atoms with Crippen LogP contribution < -0.4 is 11.2 Å². The second-order valence-corrected chi connectivity index (χ2v) is 3.37. The van der Waals surface area contributed by atoms with E-state index >= 15 is 0 Å². The zero-order valence-electron chi connectivity index (χ0n) is 8.75. The number of hydrazone groups is 1. The van der Waals surface area contributed by atoms with Crippen molar-refractivity contribution in [3.05, 3.63) is 34.3 Å². The van der Waals surface area contributed by atoms with Crippen molar-refractivity contribution in [3.63, 3.8) is 0 Å². The molecule has 0 saturated carbocycles. The maximum Gasteiger partial charge on any atom is 0.417 e. The smallest absolute Gasteiger partial charge is 0.369 e. The van der Waals surface area contributed by atoms with Crippen LogP contribution in [-0.2, 0) is 6.18 Å². The molecular formula is C9H9Cl2F3N4. The van der Waals surface area contributed by atoms with Gasteiger partial charge < -0.3 is 5.73 Å². The molecule has 0 aliphatic carbocycles. The minimum atomic E-state index is -4.52. The molecule has 0 fully saturated rings. The van der Waals surface area contributed by atoms with Crippen LogP contribution in [-0.4, -0.2) is 12.2 Å². The first kappa shape index (κ1) is 16.5. The molecule has 1 aromatic carbocycles. The van der Waals surface area contributed by atoms with Gasteiger partial charge in [0, 0.05) is 5.56 Å². The van der Waals surface area contributed by atoms with Crippen LogP contribution in [0.5, 0.6) is 0 Å². The monoisotopic (exact) mass is 300 g/mol. The van der Waals surface area contributed by atoms with Crippen molar-refractivity contribution >= 4 is 36.2 Å². The summed E-state index contributed by atoms with van der Waals surface area (Å²) >= 11 is 5.58. The zero-order chi connectivity index (χ0) is 13.1. The van der Waals surface area contributed by atoms with Gasteiger partial charge in [-0.2, -0.15) is 18.3 Å². The third kappa shape index (κ3) is 4.42. The topological polar surface area (TPSA) is 74.3 Å². The van der Waals surface area contributed by atoms with E-state index in [0.717, 1.165) is 12.3 Å². The van der Waals surface area contributed by atoms with Crippen molar-refractivity contribution < 1.29 is 13.2 Å². The van der Waals surface area contributed by atoms with E-state index in [1.807, 2.05) is 0 Å². The maximum atomic E-state index is 12.5. The third-order valence-electron chi connectivity index (χ3n) is 1.72. The second-order valence-electron chi connectivity index (χ2n) is 2.99. The Morgan fingerprint density at radius 3 is 2.56 bits per heavy atom. The Morgan fingerprint density at radius 1 is 1.44 bits per heavy atom. The summed E-state index contributed by atoms with van der Waals surface area (Å²) in [6.45, 7) is 0. The van der Waals surface area contributed by atoms with Gasteiger partial charge in [-0.25, -0.2) is 5.43 Å². The van der Waals surface area contributed by atoms with Crippen LogP contribution in [0.15, 0.2) is 23.3 Å². The minimum absolute atomic E-state index is 0. The summed E-state index contributed by atoms with van der Waals surface area (Å²) < 4.78 is 37.4. The molecule has 18 heavy (non-hydrogen) atoms. The summed E-state index contributed by atoms with van der Waals surface area (Å²) in [5.41, 5.74) is 6.15. The predicted octanol–water partition coefficient (Wildman–Crippen LogP) is 2.60. The van der Waals surface area contributed by atoms with Gasteiger partial charge in [-0.1, -0.05) is 23.7 Å². The highest BCUT2D eigenvalue weighted by molar-refractivity contribution is 6.33. The van der Waals surface area contributed by atoms with Crippen LogP contribution in [0.1, 0.15) is 11.1 Å². The second kappa shape index (κ2) is 6.46. The van der Waals surface area contributed by atoms with E-state index in [4.69, 9.17) is 22.7 Å². The summed E-state index contributed by atoms with van der Waals surface area (Å²) in [5, 5.41) is 9.79. The number of nitrogens with one attached hydrogen (secondary N) is 2. The van der Waals surface area contributed by atoms with Crippen LogP contribution in [0.4, 0.5) is 13.2 Å². The molecule has 0 saturated heterocycles. The van der Waals surface area contributed by atoms with Gasteiger partial charge >= 0.3 is 6.18 Å². The molecule has 9 heteroatoms. The zero-order valence-corrected chi connectivity index (χ0v) is 10.3. The number of hydrogen-bond donors (Lipinski definition) is 3. The molecule has 4 nitrogen and oxygen atoms in total. The van der Waals surface area contributed by atoms with Crippen LogP contribution >= 0.6 is 24.0 Å². The van der Waals surface area contributed by atoms with Gasteiger partial charge in [0.05, 0.1) is 16.8 Å². The molecule has 0 aromatic heterocycles. The van der Waals surface area contributed by atoms with Crippen LogP contribution in [0, 0.1) is 5.41 Å². The summed E-state index contributed by atoms with van der Waals surface area (Å²) in [4.78, 5) is 0. The molecule has 0 bridgehead atoms. The van der Waals surface area contributed by atoms with Crippen molar-refractivity contribution in [1.82, 2.24) is 5.43 Å². The molecule has 1 rings (SSSR count). The molecule has 0 amide bonds. The fraction of sp³-hybridized carbons (Fsp3) is 0.111. The van der Waals surface area contributed by atoms with E-state index in [1.165, 1.54) is 12.1 Å². The first-order valence-electron chi connectivity index (χ1n) is 4.31. The van der Waals surface area contributed by atoms with Crippen LogP contribution in [0.3, 0.4) is 0 Å². The van der Waals surface area contributed by atoms with Gasteiger partial charge in [-0.15, -0.1) is 12.4 Å². The van der Waals surface area contributed by atoms with Gasteiger partial charge in [0.25, 0.3) is 0 Å². The SMILES string of the molecule is Cl.N=C(N)NN=Cc1cccc(C(F)(F)F)c1Cl. The Morgan fingerprint density at radius 2 is 2.06 bits per heavy atom. The largest absolute Gasteiger partial charge is 0.417 e.